The highest BCUT2D eigenvalue weighted by molar-refractivity contribution is 5.60. The van der Waals surface area contributed by atoms with Crippen molar-refractivity contribution in [2.24, 2.45) is 0 Å². The summed E-state index contributed by atoms with van der Waals surface area (Å²) in [4.78, 5) is 8.72. The highest BCUT2D eigenvalue weighted by Gasteiger charge is 2.03. The largest absolute Gasteiger partial charge is 0.491 e. The lowest BCUT2D eigenvalue weighted by molar-refractivity contribution is 0.242. The molecule has 1 aromatic heterocycles. The minimum absolute atomic E-state index is 0.194. The zero-order valence-corrected chi connectivity index (χ0v) is 11.3. The number of nitrogens with zero attached hydrogens (tertiary/aromatic N) is 2. The first kappa shape index (κ1) is 12.6. The zero-order valence-electron chi connectivity index (χ0n) is 11.3. The maximum atomic E-state index is 5.62. The molecular weight excluding hydrogens is 224 g/mol. The first-order valence-electron chi connectivity index (χ1n) is 6.14. The molecule has 0 atom stereocenters. The second kappa shape index (κ2) is 5.17. The molecule has 2 rings (SSSR count). The van der Waals surface area contributed by atoms with Crippen molar-refractivity contribution in [1.82, 2.24) is 9.97 Å². The van der Waals surface area contributed by atoms with E-state index in [0.717, 1.165) is 28.5 Å². The molecule has 2 aromatic rings. The van der Waals surface area contributed by atoms with E-state index in [4.69, 9.17) is 4.74 Å². The summed E-state index contributed by atoms with van der Waals surface area (Å²) >= 11 is 0. The van der Waals surface area contributed by atoms with Gasteiger partial charge in [-0.15, -0.1) is 0 Å². The summed E-state index contributed by atoms with van der Waals surface area (Å²) in [6.45, 7) is 7.93. The number of ether oxygens (including phenoxy) is 1. The average Bonchev–Trinajstić information content (AvgIpc) is 2.27. The zero-order chi connectivity index (χ0) is 13.1. The van der Waals surface area contributed by atoms with Crippen LogP contribution >= 0.6 is 0 Å². The number of hydrogen-bond donors (Lipinski definition) is 0. The fourth-order valence-corrected chi connectivity index (χ4v) is 1.84. The van der Waals surface area contributed by atoms with E-state index in [-0.39, 0.29) is 6.10 Å². The molecule has 0 saturated heterocycles. The third-order valence-electron chi connectivity index (χ3n) is 2.49. The molecule has 0 aliphatic carbocycles. The first-order chi connectivity index (χ1) is 8.54. The van der Waals surface area contributed by atoms with Gasteiger partial charge in [0.1, 0.15) is 11.6 Å². The predicted octanol–water partition coefficient (Wildman–Crippen LogP) is 3.55. The molecule has 0 spiro atoms. The molecule has 0 aliphatic heterocycles. The second-order valence-electron chi connectivity index (χ2n) is 4.63. The van der Waals surface area contributed by atoms with Gasteiger partial charge in [-0.2, -0.15) is 0 Å². The highest BCUT2D eigenvalue weighted by Crippen LogP contribution is 2.21. The highest BCUT2D eigenvalue weighted by atomic mass is 16.5. The van der Waals surface area contributed by atoms with Crippen LogP contribution in [0.3, 0.4) is 0 Å². The van der Waals surface area contributed by atoms with Crippen molar-refractivity contribution in [1.29, 1.82) is 0 Å². The molecule has 0 radical (unpaired) electrons. The summed E-state index contributed by atoms with van der Waals surface area (Å²) in [6.07, 6.45) is 0.194. The van der Waals surface area contributed by atoms with E-state index in [9.17, 15) is 0 Å². The molecule has 1 aromatic carbocycles. The molecule has 3 heteroatoms. The Bertz CT molecular complexity index is 512. The smallest absolute Gasteiger partial charge is 0.126 e. The van der Waals surface area contributed by atoms with Crippen molar-refractivity contribution in [2.75, 3.05) is 0 Å². The van der Waals surface area contributed by atoms with Crippen molar-refractivity contribution in [3.63, 3.8) is 0 Å². The monoisotopic (exact) mass is 242 g/mol. The van der Waals surface area contributed by atoms with Crippen molar-refractivity contribution in [3.05, 3.63) is 41.9 Å². The van der Waals surface area contributed by atoms with Crippen molar-refractivity contribution < 1.29 is 4.74 Å². The van der Waals surface area contributed by atoms with Crippen LogP contribution in [0, 0.1) is 13.8 Å². The van der Waals surface area contributed by atoms with Gasteiger partial charge < -0.3 is 4.74 Å². The molecular formula is C15H18N2O. The number of benzene rings is 1. The Hall–Kier alpha value is -1.90. The third kappa shape index (κ3) is 3.06. The SMILES string of the molecule is Cc1cc(-c2ccc(OC(C)C)cc2)nc(C)n1. The molecule has 3 nitrogen and oxygen atoms in total. The van der Waals surface area contributed by atoms with Crippen LogP contribution in [0.15, 0.2) is 30.3 Å². The van der Waals surface area contributed by atoms with Crippen LogP contribution in [0.4, 0.5) is 0 Å². The minimum atomic E-state index is 0.194. The summed E-state index contributed by atoms with van der Waals surface area (Å²) in [5.74, 6) is 1.68. The number of aryl methyl sites for hydroxylation is 2. The standard InChI is InChI=1S/C15H18N2O/c1-10(2)18-14-7-5-13(6-8-14)15-9-11(3)16-12(4)17-15/h5-10H,1-4H3. The lowest BCUT2D eigenvalue weighted by atomic mass is 10.1. The molecule has 0 unspecified atom stereocenters. The van der Waals surface area contributed by atoms with Gasteiger partial charge >= 0.3 is 0 Å². The van der Waals surface area contributed by atoms with Gasteiger partial charge in [0.2, 0.25) is 0 Å². The van der Waals surface area contributed by atoms with E-state index >= 15 is 0 Å². The molecule has 0 saturated carbocycles. The van der Waals surface area contributed by atoms with Crippen LogP contribution in [0.5, 0.6) is 5.75 Å². The Kier molecular flexibility index (Phi) is 3.60. The third-order valence-corrected chi connectivity index (χ3v) is 2.49. The van der Waals surface area contributed by atoms with E-state index in [2.05, 4.69) is 9.97 Å². The fourth-order valence-electron chi connectivity index (χ4n) is 1.84. The van der Waals surface area contributed by atoms with Gasteiger partial charge in [0.25, 0.3) is 0 Å². The average molecular weight is 242 g/mol. The van der Waals surface area contributed by atoms with E-state index < -0.39 is 0 Å². The Labute approximate surface area is 108 Å². The van der Waals surface area contributed by atoms with E-state index in [1.54, 1.807) is 0 Å². The fraction of sp³-hybridized carbons (Fsp3) is 0.333. The van der Waals surface area contributed by atoms with Gasteiger partial charge in [-0.1, -0.05) is 0 Å². The quantitative estimate of drug-likeness (QED) is 0.825. The normalized spacial score (nSPS) is 10.7. The summed E-state index contributed by atoms with van der Waals surface area (Å²) in [5, 5.41) is 0. The molecule has 0 amide bonds. The Morgan fingerprint density at radius 3 is 2.22 bits per heavy atom. The van der Waals surface area contributed by atoms with Crippen molar-refractivity contribution >= 4 is 0 Å². The van der Waals surface area contributed by atoms with Crippen LogP contribution in [-0.2, 0) is 0 Å². The minimum Gasteiger partial charge on any atom is -0.491 e. The molecule has 18 heavy (non-hydrogen) atoms. The molecule has 0 fully saturated rings. The molecule has 1 heterocycles. The van der Waals surface area contributed by atoms with E-state index in [1.165, 1.54) is 0 Å². The molecule has 0 aliphatic rings. The van der Waals surface area contributed by atoms with Gasteiger partial charge in [0.05, 0.1) is 11.8 Å². The van der Waals surface area contributed by atoms with Crippen molar-refractivity contribution in [3.8, 4) is 17.0 Å². The van der Waals surface area contributed by atoms with Crippen LogP contribution < -0.4 is 4.74 Å². The van der Waals surface area contributed by atoms with Gasteiger partial charge in [0.15, 0.2) is 0 Å². The predicted molar refractivity (Wildman–Crippen MR) is 72.7 cm³/mol. The van der Waals surface area contributed by atoms with Gasteiger partial charge in [-0.25, -0.2) is 9.97 Å². The molecule has 0 bridgehead atoms. The summed E-state index contributed by atoms with van der Waals surface area (Å²) in [7, 11) is 0. The lowest BCUT2D eigenvalue weighted by Crippen LogP contribution is -2.05. The Morgan fingerprint density at radius 1 is 1.00 bits per heavy atom. The second-order valence-corrected chi connectivity index (χ2v) is 4.63. The topological polar surface area (TPSA) is 35.0 Å². The summed E-state index contributed by atoms with van der Waals surface area (Å²) < 4.78 is 5.62. The van der Waals surface area contributed by atoms with Gasteiger partial charge in [-0.05, 0) is 58.0 Å². The van der Waals surface area contributed by atoms with E-state index in [1.807, 2.05) is 58.0 Å². The Morgan fingerprint density at radius 2 is 1.67 bits per heavy atom. The lowest BCUT2D eigenvalue weighted by Gasteiger charge is -2.10. The maximum Gasteiger partial charge on any atom is 0.126 e. The molecule has 0 N–H and O–H groups in total. The number of aromatic nitrogens is 2. The van der Waals surface area contributed by atoms with Gasteiger partial charge in [-0.3, -0.25) is 0 Å². The van der Waals surface area contributed by atoms with Crippen LogP contribution in [0.1, 0.15) is 25.4 Å². The number of hydrogen-bond acceptors (Lipinski definition) is 3. The molecule has 94 valence electrons. The summed E-state index contributed by atoms with van der Waals surface area (Å²) in [5.41, 5.74) is 3.02. The van der Waals surface area contributed by atoms with E-state index in [0.29, 0.717) is 0 Å². The van der Waals surface area contributed by atoms with Gasteiger partial charge in [0, 0.05) is 11.3 Å². The van der Waals surface area contributed by atoms with Crippen LogP contribution in [0.25, 0.3) is 11.3 Å². The van der Waals surface area contributed by atoms with Crippen molar-refractivity contribution in [2.45, 2.75) is 33.8 Å². The van der Waals surface area contributed by atoms with Crippen LogP contribution in [-0.4, -0.2) is 16.1 Å². The number of rotatable bonds is 3. The summed E-state index contributed by atoms with van der Waals surface area (Å²) in [6, 6.07) is 9.99. The van der Waals surface area contributed by atoms with Crippen LogP contribution in [0.2, 0.25) is 0 Å². The maximum absolute atomic E-state index is 5.62. The Balaban J connectivity index is 2.28. The first-order valence-corrected chi connectivity index (χ1v) is 6.14.